The number of H-pyrrole nitrogens is 1. The van der Waals surface area contributed by atoms with E-state index in [2.05, 4.69) is 4.98 Å². The third kappa shape index (κ3) is 2.17. The lowest BCUT2D eigenvalue weighted by Crippen LogP contribution is -2.26. The summed E-state index contributed by atoms with van der Waals surface area (Å²) in [6.07, 6.45) is 1.35. The lowest BCUT2D eigenvalue weighted by molar-refractivity contribution is -0.124. The number of nitrogens with one attached hydrogen (secondary N) is 1. The fraction of sp³-hybridized carbons (Fsp3) is 0.167. The molecule has 2 aromatic rings. The van der Waals surface area contributed by atoms with Gasteiger partial charge in [0.2, 0.25) is 11.8 Å². The molecule has 94 valence electrons. The average molecular weight is 249 g/mol. The Morgan fingerprint density at radius 3 is 2.67 bits per heavy atom. The molecule has 1 unspecified atom stereocenters. The van der Waals surface area contributed by atoms with E-state index in [1.54, 1.807) is 12.3 Å². The number of rotatable bonds is 4. The maximum Gasteiger partial charge on any atom is 0.225 e. The smallest absolute Gasteiger partial charge is 0.225 e. The first-order chi connectivity index (χ1) is 8.49. The van der Waals surface area contributed by atoms with E-state index in [0.717, 1.165) is 0 Å². The fourth-order valence-corrected chi connectivity index (χ4v) is 1.97. The van der Waals surface area contributed by atoms with Gasteiger partial charge in [-0.2, -0.15) is 0 Å². The molecule has 18 heavy (non-hydrogen) atoms. The van der Waals surface area contributed by atoms with E-state index >= 15 is 0 Å². The summed E-state index contributed by atoms with van der Waals surface area (Å²) in [5, 5.41) is 0.528. The highest BCUT2D eigenvalue weighted by Crippen LogP contribution is 2.28. The quantitative estimate of drug-likeness (QED) is 0.744. The van der Waals surface area contributed by atoms with Crippen LogP contribution in [-0.4, -0.2) is 16.8 Å². The number of primary amides is 2. The summed E-state index contributed by atoms with van der Waals surface area (Å²) in [5.41, 5.74) is 11.5. The van der Waals surface area contributed by atoms with Gasteiger partial charge in [-0.15, -0.1) is 0 Å². The number of amides is 2. The Labute approximate surface area is 102 Å². The summed E-state index contributed by atoms with van der Waals surface area (Å²) >= 11 is 0. The molecule has 6 heteroatoms. The zero-order chi connectivity index (χ0) is 13.3. The van der Waals surface area contributed by atoms with E-state index < -0.39 is 23.5 Å². The van der Waals surface area contributed by atoms with Crippen molar-refractivity contribution in [3.8, 4) is 0 Å². The minimum Gasteiger partial charge on any atom is -0.370 e. The number of halogens is 1. The van der Waals surface area contributed by atoms with Crippen LogP contribution >= 0.6 is 0 Å². The van der Waals surface area contributed by atoms with E-state index in [1.165, 1.54) is 12.1 Å². The highest BCUT2D eigenvalue weighted by molar-refractivity contribution is 5.94. The van der Waals surface area contributed by atoms with Gasteiger partial charge in [-0.1, -0.05) is 0 Å². The molecule has 2 amide bonds. The number of carbonyl (C=O) groups excluding carboxylic acids is 2. The number of aromatic nitrogens is 1. The van der Waals surface area contributed by atoms with E-state index in [-0.39, 0.29) is 6.42 Å². The second kappa shape index (κ2) is 4.48. The Hall–Kier alpha value is -2.37. The van der Waals surface area contributed by atoms with Gasteiger partial charge in [0.1, 0.15) is 5.82 Å². The monoisotopic (exact) mass is 249 g/mol. The highest BCUT2D eigenvalue weighted by atomic mass is 19.1. The van der Waals surface area contributed by atoms with Crippen LogP contribution in [-0.2, 0) is 9.59 Å². The van der Waals surface area contributed by atoms with Crippen LogP contribution in [0.3, 0.4) is 0 Å². The van der Waals surface area contributed by atoms with Gasteiger partial charge in [-0.05, 0) is 23.8 Å². The summed E-state index contributed by atoms with van der Waals surface area (Å²) < 4.78 is 13.2. The van der Waals surface area contributed by atoms with Crippen molar-refractivity contribution in [2.45, 2.75) is 12.3 Å². The van der Waals surface area contributed by atoms with Crippen LogP contribution in [0.4, 0.5) is 4.39 Å². The van der Waals surface area contributed by atoms with E-state index in [4.69, 9.17) is 11.5 Å². The molecule has 0 saturated carbocycles. The summed E-state index contributed by atoms with van der Waals surface area (Å²) in [6, 6.07) is 4.14. The van der Waals surface area contributed by atoms with Crippen LogP contribution in [0.1, 0.15) is 17.9 Å². The zero-order valence-corrected chi connectivity index (χ0v) is 9.44. The largest absolute Gasteiger partial charge is 0.370 e. The van der Waals surface area contributed by atoms with Crippen molar-refractivity contribution in [1.29, 1.82) is 0 Å². The van der Waals surface area contributed by atoms with Crippen molar-refractivity contribution in [3.63, 3.8) is 0 Å². The predicted molar refractivity (Wildman–Crippen MR) is 64.0 cm³/mol. The Bertz CT molecular complexity index is 621. The van der Waals surface area contributed by atoms with Gasteiger partial charge in [0.25, 0.3) is 0 Å². The number of hydrogen-bond acceptors (Lipinski definition) is 2. The first-order valence-corrected chi connectivity index (χ1v) is 5.33. The predicted octanol–water partition coefficient (Wildman–Crippen LogP) is 0.751. The highest BCUT2D eigenvalue weighted by Gasteiger charge is 2.23. The molecule has 5 N–H and O–H groups in total. The fourth-order valence-electron chi connectivity index (χ4n) is 1.97. The van der Waals surface area contributed by atoms with Crippen LogP contribution in [0.15, 0.2) is 24.4 Å². The van der Waals surface area contributed by atoms with E-state index in [9.17, 15) is 14.0 Å². The Morgan fingerprint density at radius 1 is 1.33 bits per heavy atom. The number of aromatic amines is 1. The van der Waals surface area contributed by atoms with E-state index in [1.807, 2.05) is 0 Å². The van der Waals surface area contributed by atoms with Crippen LogP contribution < -0.4 is 11.5 Å². The number of carbonyl (C=O) groups is 2. The third-order valence-electron chi connectivity index (χ3n) is 2.80. The van der Waals surface area contributed by atoms with Gasteiger partial charge in [-0.25, -0.2) is 4.39 Å². The summed E-state index contributed by atoms with van der Waals surface area (Å²) in [5.74, 6) is -2.58. The number of nitrogens with two attached hydrogens (primary N) is 2. The average Bonchev–Trinajstić information content (AvgIpc) is 2.68. The topological polar surface area (TPSA) is 102 Å². The Balaban J connectivity index is 2.53. The Kier molecular flexibility index (Phi) is 3.01. The molecule has 0 saturated heterocycles. The molecule has 0 bridgehead atoms. The maximum absolute atomic E-state index is 13.2. The SMILES string of the molecule is NC(=O)CC(C(N)=O)c1c[nH]c2ccc(F)cc12. The summed E-state index contributed by atoms with van der Waals surface area (Å²) in [4.78, 5) is 25.2. The maximum atomic E-state index is 13.2. The first-order valence-electron chi connectivity index (χ1n) is 5.33. The van der Waals surface area contributed by atoms with Gasteiger partial charge in [0.05, 0.1) is 5.92 Å². The lowest BCUT2D eigenvalue weighted by atomic mass is 9.94. The third-order valence-corrected chi connectivity index (χ3v) is 2.80. The van der Waals surface area contributed by atoms with Crippen molar-refractivity contribution in [3.05, 3.63) is 35.8 Å². The van der Waals surface area contributed by atoms with Crippen molar-refractivity contribution in [2.75, 3.05) is 0 Å². The zero-order valence-electron chi connectivity index (χ0n) is 9.44. The molecule has 1 aromatic carbocycles. The minimum atomic E-state index is -0.849. The molecule has 5 nitrogen and oxygen atoms in total. The molecular formula is C12H12FN3O2. The molecule has 0 aliphatic carbocycles. The molecule has 0 spiro atoms. The second-order valence-electron chi connectivity index (χ2n) is 4.06. The van der Waals surface area contributed by atoms with Gasteiger partial charge < -0.3 is 16.5 Å². The number of hydrogen-bond donors (Lipinski definition) is 3. The standard InChI is InChI=1S/C12H12FN3O2/c13-6-1-2-10-7(3-6)9(5-16-10)8(12(15)18)4-11(14)17/h1-3,5,8,16H,4H2,(H2,14,17)(H2,15,18). The van der Waals surface area contributed by atoms with E-state index in [0.29, 0.717) is 16.5 Å². The molecule has 2 rings (SSSR count). The van der Waals surface area contributed by atoms with Gasteiger partial charge in [0, 0.05) is 23.5 Å². The van der Waals surface area contributed by atoms with Crippen molar-refractivity contribution in [1.82, 2.24) is 4.98 Å². The number of benzene rings is 1. The van der Waals surface area contributed by atoms with Gasteiger partial charge >= 0.3 is 0 Å². The van der Waals surface area contributed by atoms with Crippen LogP contribution in [0.2, 0.25) is 0 Å². The molecule has 1 atom stereocenters. The second-order valence-corrected chi connectivity index (χ2v) is 4.06. The molecule has 1 heterocycles. The number of fused-ring (bicyclic) bond motifs is 1. The molecule has 0 radical (unpaired) electrons. The lowest BCUT2D eigenvalue weighted by Gasteiger charge is -2.10. The van der Waals surface area contributed by atoms with Crippen LogP contribution in [0, 0.1) is 5.82 Å². The van der Waals surface area contributed by atoms with Crippen LogP contribution in [0.25, 0.3) is 10.9 Å². The minimum absolute atomic E-state index is 0.196. The normalized spacial score (nSPS) is 12.5. The van der Waals surface area contributed by atoms with Gasteiger partial charge in [-0.3, -0.25) is 9.59 Å². The van der Waals surface area contributed by atoms with Crippen molar-refractivity contribution in [2.24, 2.45) is 11.5 Å². The van der Waals surface area contributed by atoms with Crippen molar-refractivity contribution >= 4 is 22.7 Å². The Morgan fingerprint density at radius 2 is 2.06 bits per heavy atom. The first kappa shape index (κ1) is 12.1. The van der Waals surface area contributed by atoms with Crippen molar-refractivity contribution < 1.29 is 14.0 Å². The molecule has 1 aromatic heterocycles. The van der Waals surface area contributed by atoms with Gasteiger partial charge in [0.15, 0.2) is 0 Å². The molecular weight excluding hydrogens is 237 g/mol. The summed E-state index contributed by atoms with van der Waals surface area (Å²) in [6.45, 7) is 0. The molecule has 0 aliphatic rings. The molecule has 0 aliphatic heterocycles. The summed E-state index contributed by atoms with van der Waals surface area (Å²) in [7, 11) is 0. The molecule has 0 fully saturated rings. The van der Waals surface area contributed by atoms with Crippen LogP contribution in [0.5, 0.6) is 0 Å².